The summed E-state index contributed by atoms with van der Waals surface area (Å²) in [5, 5.41) is 6.12. The monoisotopic (exact) mass is 600 g/mol. The third-order valence-electron chi connectivity index (χ3n) is 9.49. The summed E-state index contributed by atoms with van der Waals surface area (Å²) in [7, 11) is 0. The van der Waals surface area contributed by atoms with Gasteiger partial charge in [0.15, 0.2) is 0 Å². The van der Waals surface area contributed by atoms with Crippen molar-refractivity contribution in [1.29, 1.82) is 0 Å². The summed E-state index contributed by atoms with van der Waals surface area (Å²) in [5.74, 6) is 0. The molecule has 4 heteroatoms. The van der Waals surface area contributed by atoms with Crippen LogP contribution in [0, 0.1) is 0 Å². The van der Waals surface area contributed by atoms with Crippen molar-refractivity contribution in [3.8, 4) is 28.3 Å². The van der Waals surface area contributed by atoms with Crippen LogP contribution in [0.15, 0.2) is 170 Å². The second-order valence-electron chi connectivity index (χ2n) is 12.1. The molecule has 0 saturated heterocycles. The van der Waals surface area contributed by atoms with E-state index in [9.17, 15) is 0 Å². The number of fused-ring (bicyclic) bond motifs is 8. The molecule has 0 aliphatic rings. The summed E-state index contributed by atoms with van der Waals surface area (Å²) in [6.07, 6.45) is 4.04. The highest BCUT2D eigenvalue weighted by Gasteiger charge is 2.22. The first-order chi connectivity index (χ1) is 23.3. The van der Waals surface area contributed by atoms with Crippen LogP contribution in [0.4, 0.5) is 0 Å². The van der Waals surface area contributed by atoms with E-state index in [0.717, 1.165) is 28.3 Å². The molecule has 0 spiro atoms. The maximum atomic E-state index is 4.68. The van der Waals surface area contributed by atoms with Gasteiger partial charge < -0.3 is 13.7 Å². The molecule has 0 saturated carbocycles. The molecule has 47 heavy (non-hydrogen) atoms. The van der Waals surface area contributed by atoms with Gasteiger partial charge in [-0.25, -0.2) is 0 Å². The van der Waals surface area contributed by atoms with Crippen LogP contribution < -0.4 is 0 Å². The molecule has 4 nitrogen and oxygen atoms in total. The van der Waals surface area contributed by atoms with Crippen LogP contribution in [-0.4, -0.2) is 18.7 Å². The van der Waals surface area contributed by atoms with Gasteiger partial charge in [-0.3, -0.25) is 4.98 Å². The Labute approximate surface area is 271 Å². The van der Waals surface area contributed by atoms with Crippen molar-refractivity contribution >= 4 is 54.5 Å². The minimum absolute atomic E-state index is 0.959. The molecule has 10 aromatic rings. The molecule has 0 aliphatic carbocycles. The first-order valence-electron chi connectivity index (χ1n) is 16.0. The number of aromatic nitrogens is 4. The van der Waals surface area contributed by atoms with Crippen molar-refractivity contribution in [2.45, 2.75) is 0 Å². The number of nitrogens with zero attached hydrogens (tertiary/aromatic N) is 4. The van der Waals surface area contributed by atoms with Crippen LogP contribution in [0.5, 0.6) is 0 Å². The van der Waals surface area contributed by atoms with E-state index in [1.165, 1.54) is 54.5 Å². The molecule has 0 amide bonds. The molecule has 10 rings (SSSR count). The Hall–Kier alpha value is -6.39. The standard InChI is InChI=1S/C43H28N4/c1-3-13-31(14-4-1)45-25-23-30-27-41-37(28-40(30)45)36-22-21-35-34-18-7-8-20-39(34)46(32-15-5-2-6-16-32)42(35)43(36)47(41)33-17-11-12-29(26-33)38-19-9-10-24-44-38/h1-28H. The summed E-state index contributed by atoms with van der Waals surface area (Å²) < 4.78 is 7.20. The largest absolute Gasteiger partial charge is 0.317 e. The lowest BCUT2D eigenvalue weighted by Gasteiger charge is -2.13. The number of rotatable bonds is 4. The highest BCUT2D eigenvalue weighted by Crippen LogP contribution is 2.43. The summed E-state index contributed by atoms with van der Waals surface area (Å²) in [6, 6.07) is 56.6. The van der Waals surface area contributed by atoms with Gasteiger partial charge in [0, 0.05) is 62.0 Å². The molecule has 4 heterocycles. The van der Waals surface area contributed by atoms with Crippen LogP contribution in [-0.2, 0) is 0 Å². The first-order valence-corrected chi connectivity index (χ1v) is 16.0. The van der Waals surface area contributed by atoms with E-state index >= 15 is 0 Å². The Morgan fingerprint density at radius 2 is 1.09 bits per heavy atom. The fourth-order valence-electron chi connectivity index (χ4n) is 7.44. The van der Waals surface area contributed by atoms with Gasteiger partial charge in [-0.1, -0.05) is 84.9 Å². The van der Waals surface area contributed by atoms with E-state index in [1.807, 2.05) is 18.3 Å². The van der Waals surface area contributed by atoms with Crippen molar-refractivity contribution in [2.24, 2.45) is 0 Å². The summed E-state index contributed by atoms with van der Waals surface area (Å²) in [5.41, 5.74) is 11.4. The topological polar surface area (TPSA) is 27.7 Å². The van der Waals surface area contributed by atoms with Gasteiger partial charge >= 0.3 is 0 Å². The van der Waals surface area contributed by atoms with Crippen molar-refractivity contribution in [2.75, 3.05) is 0 Å². The quantitative estimate of drug-likeness (QED) is 0.197. The Morgan fingerprint density at radius 1 is 0.404 bits per heavy atom. The van der Waals surface area contributed by atoms with Gasteiger partial charge in [0.05, 0.1) is 33.3 Å². The summed E-state index contributed by atoms with van der Waals surface area (Å²) >= 11 is 0. The normalized spacial score (nSPS) is 11.8. The molecule has 0 fully saturated rings. The second kappa shape index (κ2) is 10.1. The van der Waals surface area contributed by atoms with Gasteiger partial charge in [-0.15, -0.1) is 0 Å². The number of pyridine rings is 1. The summed E-state index contributed by atoms with van der Waals surface area (Å²) in [6.45, 7) is 0. The van der Waals surface area contributed by atoms with Crippen LogP contribution in [0.1, 0.15) is 0 Å². The zero-order valence-electron chi connectivity index (χ0n) is 25.5. The fourth-order valence-corrected chi connectivity index (χ4v) is 7.44. The predicted octanol–water partition coefficient (Wildman–Crippen LogP) is 10.9. The van der Waals surface area contributed by atoms with E-state index in [1.54, 1.807) is 0 Å². The lowest BCUT2D eigenvalue weighted by molar-refractivity contribution is 1.13. The fraction of sp³-hybridized carbons (Fsp3) is 0. The Kier molecular flexibility index (Phi) is 5.54. The molecular weight excluding hydrogens is 573 g/mol. The van der Waals surface area contributed by atoms with E-state index in [2.05, 4.69) is 170 Å². The van der Waals surface area contributed by atoms with E-state index < -0.39 is 0 Å². The third kappa shape index (κ3) is 3.85. The van der Waals surface area contributed by atoms with Gasteiger partial charge in [-0.05, 0) is 72.8 Å². The average Bonchev–Trinajstić information content (AvgIpc) is 3.81. The third-order valence-corrected chi connectivity index (χ3v) is 9.49. The minimum Gasteiger partial charge on any atom is -0.317 e. The van der Waals surface area contributed by atoms with Crippen molar-refractivity contribution in [3.05, 3.63) is 170 Å². The van der Waals surface area contributed by atoms with E-state index in [0.29, 0.717) is 0 Å². The SMILES string of the molecule is c1ccc(-n2ccc3cc4c(cc32)c2ccc3c5ccccc5n(-c5ccccc5)c3c2n4-c2cccc(-c3ccccn3)c2)cc1. The average molecular weight is 601 g/mol. The smallest absolute Gasteiger partial charge is 0.0788 e. The van der Waals surface area contributed by atoms with Gasteiger partial charge in [0.1, 0.15) is 0 Å². The molecule has 0 bridgehead atoms. The lowest BCUT2D eigenvalue weighted by Crippen LogP contribution is -1.99. The number of hydrogen-bond donors (Lipinski definition) is 0. The molecule has 4 aromatic heterocycles. The van der Waals surface area contributed by atoms with Crippen LogP contribution in [0.2, 0.25) is 0 Å². The maximum Gasteiger partial charge on any atom is 0.0788 e. The van der Waals surface area contributed by atoms with Gasteiger partial charge in [0.25, 0.3) is 0 Å². The van der Waals surface area contributed by atoms with Crippen LogP contribution in [0.3, 0.4) is 0 Å². The van der Waals surface area contributed by atoms with Crippen molar-refractivity contribution in [1.82, 2.24) is 18.7 Å². The Balaban J connectivity index is 1.39. The first kappa shape index (κ1) is 25.9. The zero-order chi connectivity index (χ0) is 30.9. The molecule has 0 radical (unpaired) electrons. The maximum absolute atomic E-state index is 4.68. The van der Waals surface area contributed by atoms with Gasteiger partial charge in [-0.2, -0.15) is 0 Å². The van der Waals surface area contributed by atoms with E-state index in [-0.39, 0.29) is 0 Å². The number of hydrogen-bond acceptors (Lipinski definition) is 1. The Bertz CT molecular complexity index is 2770. The van der Waals surface area contributed by atoms with Crippen LogP contribution >= 0.6 is 0 Å². The molecule has 0 N–H and O–H groups in total. The highest BCUT2D eigenvalue weighted by molar-refractivity contribution is 6.25. The van der Waals surface area contributed by atoms with Crippen molar-refractivity contribution in [3.63, 3.8) is 0 Å². The predicted molar refractivity (Wildman–Crippen MR) is 195 cm³/mol. The summed E-state index contributed by atoms with van der Waals surface area (Å²) in [4.78, 5) is 4.68. The molecular formula is C43H28N4. The minimum atomic E-state index is 0.959. The number of para-hydroxylation sites is 3. The van der Waals surface area contributed by atoms with E-state index in [4.69, 9.17) is 0 Å². The molecule has 0 aliphatic heterocycles. The second-order valence-corrected chi connectivity index (χ2v) is 12.1. The lowest BCUT2D eigenvalue weighted by atomic mass is 10.1. The number of benzene rings is 6. The molecule has 220 valence electrons. The van der Waals surface area contributed by atoms with Crippen LogP contribution in [0.25, 0.3) is 82.8 Å². The van der Waals surface area contributed by atoms with Crippen molar-refractivity contribution < 1.29 is 0 Å². The molecule has 6 aromatic carbocycles. The molecule has 0 atom stereocenters. The van der Waals surface area contributed by atoms with Gasteiger partial charge in [0.2, 0.25) is 0 Å². The highest BCUT2D eigenvalue weighted by atomic mass is 15.0. The molecule has 0 unspecified atom stereocenters. The zero-order valence-corrected chi connectivity index (χ0v) is 25.5. The Morgan fingerprint density at radius 3 is 1.87 bits per heavy atom.